The van der Waals surface area contributed by atoms with E-state index in [1.165, 1.54) is 0 Å². The zero-order valence-corrected chi connectivity index (χ0v) is 7.88. The predicted octanol–water partition coefficient (Wildman–Crippen LogP) is -1.39. The van der Waals surface area contributed by atoms with Crippen LogP contribution in [-0.4, -0.2) is 51.9 Å². The molecule has 12 heavy (non-hydrogen) atoms. The van der Waals surface area contributed by atoms with Crippen LogP contribution in [0, 0.1) is 0 Å². The standard InChI is InChI=1S/C6H14N2O3S/c1-8-2-3-11-6(4-8)5-12(7,9)10/h6H,2-5H2,1H3,(H2,7,9,10). The van der Waals surface area contributed by atoms with Crippen molar-refractivity contribution in [1.82, 2.24) is 4.90 Å². The summed E-state index contributed by atoms with van der Waals surface area (Å²) in [5, 5.41) is 4.89. The Morgan fingerprint density at radius 3 is 2.83 bits per heavy atom. The number of ether oxygens (including phenoxy) is 1. The first-order valence-corrected chi connectivity index (χ1v) is 5.49. The average Bonchev–Trinajstić information content (AvgIpc) is 1.82. The number of morpholine rings is 1. The number of rotatable bonds is 2. The molecule has 0 aliphatic carbocycles. The predicted molar refractivity (Wildman–Crippen MR) is 45.2 cm³/mol. The fraction of sp³-hybridized carbons (Fsp3) is 1.00. The number of primary sulfonamides is 1. The molecule has 0 aromatic carbocycles. The van der Waals surface area contributed by atoms with Crippen molar-refractivity contribution < 1.29 is 13.2 Å². The molecule has 0 aromatic rings. The van der Waals surface area contributed by atoms with Gasteiger partial charge in [0, 0.05) is 13.1 Å². The monoisotopic (exact) mass is 194 g/mol. The van der Waals surface area contributed by atoms with E-state index in [9.17, 15) is 8.42 Å². The molecule has 0 radical (unpaired) electrons. The lowest BCUT2D eigenvalue weighted by molar-refractivity contribution is -0.00679. The van der Waals surface area contributed by atoms with Crippen LogP contribution >= 0.6 is 0 Å². The van der Waals surface area contributed by atoms with E-state index in [2.05, 4.69) is 0 Å². The Hall–Kier alpha value is -0.170. The third kappa shape index (κ3) is 3.48. The van der Waals surface area contributed by atoms with Crippen LogP contribution in [0.4, 0.5) is 0 Å². The summed E-state index contributed by atoms with van der Waals surface area (Å²) in [6, 6.07) is 0. The van der Waals surface area contributed by atoms with Gasteiger partial charge in [-0.05, 0) is 7.05 Å². The number of nitrogens with zero attached hydrogens (tertiary/aromatic N) is 1. The third-order valence-electron chi connectivity index (χ3n) is 1.76. The van der Waals surface area contributed by atoms with Gasteiger partial charge in [0.05, 0.1) is 18.5 Å². The topological polar surface area (TPSA) is 72.6 Å². The molecule has 1 aliphatic heterocycles. The molecule has 0 spiro atoms. The fourth-order valence-corrected chi connectivity index (χ4v) is 1.95. The molecule has 1 fully saturated rings. The van der Waals surface area contributed by atoms with Crippen molar-refractivity contribution in [2.75, 3.05) is 32.5 Å². The average molecular weight is 194 g/mol. The summed E-state index contributed by atoms with van der Waals surface area (Å²) in [4.78, 5) is 2.03. The van der Waals surface area contributed by atoms with Crippen LogP contribution in [0.15, 0.2) is 0 Å². The SMILES string of the molecule is CN1CCOC(CS(N)(=O)=O)C1. The summed E-state index contributed by atoms with van der Waals surface area (Å²) in [6.45, 7) is 2.06. The number of hydrogen-bond acceptors (Lipinski definition) is 4. The van der Waals surface area contributed by atoms with Gasteiger partial charge in [-0.2, -0.15) is 0 Å². The van der Waals surface area contributed by atoms with Crippen LogP contribution in [0.5, 0.6) is 0 Å². The number of sulfonamides is 1. The molecule has 0 aromatic heterocycles. The van der Waals surface area contributed by atoms with Gasteiger partial charge in [-0.3, -0.25) is 0 Å². The van der Waals surface area contributed by atoms with Crippen LogP contribution in [0.3, 0.4) is 0 Å². The lowest BCUT2D eigenvalue weighted by atomic mass is 10.3. The van der Waals surface area contributed by atoms with Gasteiger partial charge in [0.1, 0.15) is 0 Å². The van der Waals surface area contributed by atoms with E-state index in [-0.39, 0.29) is 11.9 Å². The second-order valence-electron chi connectivity index (χ2n) is 3.08. The Labute approximate surface area is 72.5 Å². The molecule has 6 heteroatoms. The zero-order chi connectivity index (χ0) is 9.19. The van der Waals surface area contributed by atoms with E-state index in [0.717, 1.165) is 6.54 Å². The highest BCUT2D eigenvalue weighted by atomic mass is 32.2. The van der Waals surface area contributed by atoms with E-state index in [1.807, 2.05) is 11.9 Å². The van der Waals surface area contributed by atoms with E-state index in [0.29, 0.717) is 13.2 Å². The van der Waals surface area contributed by atoms with Crippen molar-refractivity contribution in [3.63, 3.8) is 0 Å². The van der Waals surface area contributed by atoms with Crippen molar-refractivity contribution in [3.8, 4) is 0 Å². The van der Waals surface area contributed by atoms with E-state index in [4.69, 9.17) is 9.88 Å². The molecule has 1 saturated heterocycles. The molecule has 1 atom stereocenters. The highest BCUT2D eigenvalue weighted by molar-refractivity contribution is 7.89. The number of hydrogen-bond donors (Lipinski definition) is 1. The van der Waals surface area contributed by atoms with Crippen LogP contribution < -0.4 is 5.14 Å². The first-order chi connectivity index (χ1) is 5.47. The Morgan fingerprint density at radius 2 is 2.33 bits per heavy atom. The molecule has 72 valence electrons. The lowest BCUT2D eigenvalue weighted by Crippen LogP contribution is -2.44. The molecule has 0 saturated carbocycles. The molecule has 0 amide bonds. The van der Waals surface area contributed by atoms with Gasteiger partial charge in [-0.1, -0.05) is 0 Å². The second kappa shape index (κ2) is 3.69. The summed E-state index contributed by atoms with van der Waals surface area (Å²) in [5.74, 6) is -0.0860. The molecular weight excluding hydrogens is 180 g/mol. The highest BCUT2D eigenvalue weighted by Gasteiger charge is 2.21. The molecule has 1 unspecified atom stereocenters. The Balaban J connectivity index is 2.43. The minimum atomic E-state index is -3.40. The Bertz CT molecular complexity index is 239. The van der Waals surface area contributed by atoms with Crippen LogP contribution in [0.25, 0.3) is 0 Å². The first kappa shape index (κ1) is 9.91. The van der Waals surface area contributed by atoms with Crippen molar-refractivity contribution in [2.45, 2.75) is 6.10 Å². The lowest BCUT2D eigenvalue weighted by Gasteiger charge is -2.29. The summed E-state index contributed by atoms with van der Waals surface area (Å²) in [7, 11) is -1.47. The normalized spacial score (nSPS) is 27.3. The number of likely N-dealkylation sites (N-methyl/N-ethyl adjacent to an activating group) is 1. The second-order valence-corrected chi connectivity index (χ2v) is 4.74. The van der Waals surface area contributed by atoms with Crippen molar-refractivity contribution in [1.29, 1.82) is 0 Å². The maximum Gasteiger partial charge on any atom is 0.211 e. The molecular formula is C6H14N2O3S. The first-order valence-electron chi connectivity index (χ1n) is 3.78. The van der Waals surface area contributed by atoms with E-state index >= 15 is 0 Å². The van der Waals surface area contributed by atoms with Crippen LogP contribution in [0.1, 0.15) is 0 Å². The van der Waals surface area contributed by atoms with Gasteiger partial charge >= 0.3 is 0 Å². The van der Waals surface area contributed by atoms with Gasteiger partial charge in [-0.15, -0.1) is 0 Å². The molecule has 5 nitrogen and oxygen atoms in total. The van der Waals surface area contributed by atoms with Gasteiger partial charge in [0.25, 0.3) is 0 Å². The molecule has 1 aliphatic rings. The zero-order valence-electron chi connectivity index (χ0n) is 7.06. The van der Waals surface area contributed by atoms with Crippen LogP contribution in [-0.2, 0) is 14.8 Å². The maximum atomic E-state index is 10.7. The summed E-state index contributed by atoms with van der Waals surface area (Å²) >= 11 is 0. The van der Waals surface area contributed by atoms with Crippen molar-refractivity contribution in [3.05, 3.63) is 0 Å². The minimum Gasteiger partial charge on any atom is -0.374 e. The molecule has 1 rings (SSSR count). The van der Waals surface area contributed by atoms with Crippen LogP contribution in [0.2, 0.25) is 0 Å². The minimum absolute atomic E-state index is 0.0860. The summed E-state index contributed by atoms with van der Waals surface area (Å²) in [6.07, 6.45) is -0.265. The molecule has 0 bridgehead atoms. The Morgan fingerprint density at radius 1 is 1.67 bits per heavy atom. The number of nitrogens with two attached hydrogens (primary N) is 1. The smallest absolute Gasteiger partial charge is 0.211 e. The summed E-state index contributed by atoms with van der Waals surface area (Å²) in [5.41, 5.74) is 0. The summed E-state index contributed by atoms with van der Waals surface area (Å²) < 4.78 is 26.6. The quantitative estimate of drug-likeness (QED) is 0.587. The maximum absolute atomic E-state index is 10.7. The van der Waals surface area contributed by atoms with Crippen molar-refractivity contribution in [2.24, 2.45) is 5.14 Å². The van der Waals surface area contributed by atoms with Gasteiger partial charge in [0.2, 0.25) is 10.0 Å². The van der Waals surface area contributed by atoms with Gasteiger partial charge in [0.15, 0.2) is 0 Å². The molecule has 1 heterocycles. The van der Waals surface area contributed by atoms with Gasteiger partial charge in [-0.25, -0.2) is 13.6 Å². The van der Waals surface area contributed by atoms with E-state index in [1.54, 1.807) is 0 Å². The van der Waals surface area contributed by atoms with E-state index < -0.39 is 10.0 Å². The van der Waals surface area contributed by atoms with Gasteiger partial charge < -0.3 is 9.64 Å². The Kier molecular flexibility index (Phi) is 3.05. The molecule has 2 N–H and O–H groups in total. The van der Waals surface area contributed by atoms with Crippen molar-refractivity contribution >= 4 is 10.0 Å². The largest absolute Gasteiger partial charge is 0.374 e. The highest BCUT2D eigenvalue weighted by Crippen LogP contribution is 2.03. The third-order valence-corrected chi connectivity index (χ3v) is 2.60. The fourth-order valence-electron chi connectivity index (χ4n) is 1.23.